The predicted octanol–water partition coefficient (Wildman–Crippen LogP) is 3.98. The van der Waals surface area contributed by atoms with Crippen LogP contribution in [0.4, 0.5) is 0 Å². The van der Waals surface area contributed by atoms with E-state index in [2.05, 4.69) is 31.0 Å². The first-order valence-electron chi connectivity index (χ1n) is 8.74. The minimum absolute atomic E-state index is 0.332. The molecule has 0 saturated heterocycles. The smallest absolute Gasteiger partial charge is 0.223 e. The summed E-state index contributed by atoms with van der Waals surface area (Å²) >= 11 is 0. The number of nitrogens with one attached hydrogen (secondary N) is 1. The maximum absolute atomic E-state index is 12.2. The number of carbonyl (C=O) groups is 1. The molecule has 1 amide bonds. The SMILES string of the molecule is CCCCCCN(CCCCCC)C(=O)CCNCC. The Morgan fingerprint density at radius 3 is 1.85 bits per heavy atom. The van der Waals surface area contributed by atoms with Crippen molar-refractivity contribution in [1.82, 2.24) is 10.2 Å². The Balaban J connectivity index is 3.98. The third kappa shape index (κ3) is 11.3. The molecule has 0 rings (SSSR count). The molecule has 0 aromatic carbocycles. The highest BCUT2D eigenvalue weighted by Crippen LogP contribution is 2.06. The topological polar surface area (TPSA) is 32.3 Å². The van der Waals surface area contributed by atoms with E-state index in [0.29, 0.717) is 12.3 Å². The lowest BCUT2D eigenvalue weighted by atomic mass is 10.1. The van der Waals surface area contributed by atoms with E-state index in [9.17, 15) is 4.79 Å². The summed E-state index contributed by atoms with van der Waals surface area (Å²) in [7, 11) is 0. The van der Waals surface area contributed by atoms with E-state index in [1.54, 1.807) is 0 Å². The van der Waals surface area contributed by atoms with E-state index < -0.39 is 0 Å². The minimum atomic E-state index is 0.332. The summed E-state index contributed by atoms with van der Waals surface area (Å²) in [4.78, 5) is 14.3. The van der Waals surface area contributed by atoms with Gasteiger partial charge in [0.05, 0.1) is 0 Å². The number of hydrogen-bond acceptors (Lipinski definition) is 2. The van der Waals surface area contributed by atoms with Crippen LogP contribution in [0, 0.1) is 0 Å². The molecule has 0 saturated carbocycles. The van der Waals surface area contributed by atoms with E-state index >= 15 is 0 Å². The number of rotatable bonds is 14. The first-order valence-corrected chi connectivity index (χ1v) is 8.74. The third-order valence-electron chi connectivity index (χ3n) is 3.68. The largest absolute Gasteiger partial charge is 0.343 e. The van der Waals surface area contributed by atoms with Gasteiger partial charge in [0.2, 0.25) is 5.91 Å². The van der Waals surface area contributed by atoms with Crippen LogP contribution in [0.2, 0.25) is 0 Å². The molecule has 20 heavy (non-hydrogen) atoms. The lowest BCUT2D eigenvalue weighted by Gasteiger charge is -2.23. The van der Waals surface area contributed by atoms with E-state index in [1.165, 1.54) is 38.5 Å². The zero-order valence-electron chi connectivity index (χ0n) is 14.0. The van der Waals surface area contributed by atoms with Crippen LogP contribution in [0.5, 0.6) is 0 Å². The first-order chi connectivity index (χ1) is 9.76. The fraction of sp³-hybridized carbons (Fsp3) is 0.941. The van der Waals surface area contributed by atoms with Crippen molar-refractivity contribution in [2.24, 2.45) is 0 Å². The van der Waals surface area contributed by atoms with Crippen LogP contribution in [0.25, 0.3) is 0 Å². The lowest BCUT2D eigenvalue weighted by molar-refractivity contribution is -0.131. The Bertz CT molecular complexity index is 207. The molecule has 0 aliphatic rings. The Morgan fingerprint density at radius 2 is 1.40 bits per heavy atom. The van der Waals surface area contributed by atoms with Crippen molar-refractivity contribution in [2.75, 3.05) is 26.2 Å². The second-order valence-electron chi connectivity index (χ2n) is 5.61. The normalized spacial score (nSPS) is 10.8. The Kier molecular flexibility index (Phi) is 14.4. The average molecular weight is 284 g/mol. The number of hydrogen-bond donors (Lipinski definition) is 1. The zero-order chi connectivity index (χ0) is 15.1. The fourth-order valence-corrected chi connectivity index (χ4v) is 2.35. The van der Waals surface area contributed by atoms with Crippen molar-refractivity contribution in [2.45, 2.75) is 78.6 Å². The number of nitrogens with zero attached hydrogens (tertiary/aromatic N) is 1. The molecule has 0 aliphatic heterocycles. The van der Waals surface area contributed by atoms with Gasteiger partial charge >= 0.3 is 0 Å². The summed E-state index contributed by atoms with van der Waals surface area (Å²) in [5.41, 5.74) is 0. The highest BCUT2D eigenvalue weighted by molar-refractivity contribution is 5.76. The second kappa shape index (κ2) is 14.8. The molecule has 0 aromatic heterocycles. The van der Waals surface area contributed by atoms with Gasteiger partial charge in [0, 0.05) is 26.1 Å². The molecular formula is C17H36N2O. The summed E-state index contributed by atoms with van der Waals surface area (Å²) < 4.78 is 0. The molecule has 0 radical (unpaired) electrons. The van der Waals surface area contributed by atoms with Crippen LogP contribution in [-0.2, 0) is 4.79 Å². The van der Waals surface area contributed by atoms with Gasteiger partial charge in [0.1, 0.15) is 0 Å². The van der Waals surface area contributed by atoms with Crippen LogP contribution >= 0.6 is 0 Å². The Morgan fingerprint density at radius 1 is 0.850 bits per heavy atom. The van der Waals surface area contributed by atoms with Crippen molar-refractivity contribution in [3.05, 3.63) is 0 Å². The van der Waals surface area contributed by atoms with Gasteiger partial charge in [-0.05, 0) is 19.4 Å². The number of carbonyl (C=O) groups excluding carboxylic acids is 1. The van der Waals surface area contributed by atoms with Crippen molar-refractivity contribution >= 4 is 5.91 Å². The maximum atomic E-state index is 12.2. The first kappa shape index (κ1) is 19.4. The average Bonchev–Trinajstić information content (AvgIpc) is 2.45. The Hall–Kier alpha value is -0.570. The van der Waals surface area contributed by atoms with Crippen LogP contribution in [0.15, 0.2) is 0 Å². The van der Waals surface area contributed by atoms with E-state index in [-0.39, 0.29) is 0 Å². The summed E-state index contributed by atoms with van der Waals surface area (Å²) in [6.45, 7) is 10.2. The molecule has 0 unspecified atom stereocenters. The number of amides is 1. The van der Waals surface area contributed by atoms with Gasteiger partial charge < -0.3 is 10.2 Å². The van der Waals surface area contributed by atoms with E-state index in [4.69, 9.17) is 0 Å². The molecule has 3 nitrogen and oxygen atoms in total. The highest BCUT2D eigenvalue weighted by atomic mass is 16.2. The van der Waals surface area contributed by atoms with Crippen LogP contribution < -0.4 is 5.32 Å². The molecule has 0 spiro atoms. The quantitative estimate of drug-likeness (QED) is 0.489. The van der Waals surface area contributed by atoms with Gasteiger partial charge in [-0.2, -0.15) is 0 Å². The van der Waals surface area contributed by atoms with Crippen molar-refractivity contribution in [3.8, 4) is 0 Å². The van der Waals surface area contributed by atoms with Crippen molar-refractivity contribution in [3.63, 3.8) is 0 Å². The highest BCUT2D eigenvalue weighted by Gasteiger charge is 2.12. The molecule has 0 aromatic rings. The minimum Gasteiger partial charge on any atom is -0.343 e. The van der Waals surface area contributed by atoms with Gasteiger partial charge in [-0.1, -0.05) is 59.3 Å². The van der Waals surface area contributed by atoms with Gasteiger partial charge in [-0.25, -0.2) is 0 Å². The molecule has 0 fully saturated rings. The van der Waals surface area contributed by atoms with E-state index in [0.717, 1.165) is 39.0 Å². The summed E-state index contributed by atoms with van der Waals surface area (Å²) in [6.07, 6.45) is 10.6. The molecule has 3 heteroatoms. The zero-order valence-corrected chi connectivity index (χ0v) is 14.0. The van der Waals surface area contributed by atoms with Gasteiger partial charge in [0.15, 0.2) is 0 Å². The van der Waals surface area contributed by atoms with Crippen LogP contribution in [0.3, 0.4) is 0 Å². The third-order valence-corrected chi connectivity index (χ3v) is 3.68. The van der Waals surface area contributed by atoms with Crippen molar-refractivity contribution < 1.29 is 4.79 Å². The monoisotopic (exact) mass is 284 g/mol. The number of unbranched alkanes of at least 4 members (excludes halogenated alkanes) is 6. The molecule has 1 N–H and O–H groups in total. The predicted molar refractivity (Wildman–Crippen MR) is 88.0 cm³/mol. The molecule has 0 atom stereocenters. The summed E-state index contributed by atoms with van der Waals surface area (Å²) in [5.74, 6) is 0.332. The summed E-state index contributed by atoms with van der Waals surface area (Å²) in [6, 6.07) is 0. The van der Waals surface area contributed by atoms with E-state index in [1.807, 2.05) is 0 Å². The van der Waals surface area contributed by atoms with Crippen LogP contribution in [0.1, 0.15) is 78.6 Å². The molecule has 120 valence electrons. The van der Waals surface area contributed by atoms with Gasteiger partial charge in [-0.3, -0.25) is 4.79 Å². The molecular weight excluding hydrogens is 248 g/mol. The van der Waals surface area contributed by atoms with Crippen molar-refractivity contribution in [1.29, 1.82) is 0 Å². The van der Waals surface area contributed by atoms with Crippen LogP contribution in [-0.4, -0.2) is 37.0 Å². The fourth-order valence-electron chi connectivity index (χ4n) is 2.35. The standard InChI is InChI=1S/C17H36N2O/c1-4-7-9-11-15-19(16-12-10-8-5-2)17(20)13-14-18-6-3/h18H,4-16H2,1-3H3. The molecule has 0 bridgehead atoms. The van der Waals surface area contributed by atoms with Gasteiger partial charge in [-0.15, -0.1) is 0 Å². The van der Waals surface area contributed by atoms with Gasteiger partial charge in [0.25, 0.3) is 0 Å². The molecule has 0 heterocycles. The molecule has 0 aliphatic carbocycles. The second-order valence-corrected chi connectivity index (χ2v) is 5.61. The maximum Gasteiger partial charge on any atom is 0.223 e. The lowest BCUT2D eigenvalue weighted by Crippen LogP contribution is -2.35. The Labute approximate surface area is 126 Å². The summed E-state index contributed by atoms with van der Waals surface area (Å²) in [5, 5.41) is 3.24.